The zero-order valence-corrected chi connectivity index (χ0v) is 17.0. The number of nitrogens with one attached hydrogen (secondary N) is 2. The van der Waals surface area contributed by atoms with Crippen LogP contribution in [0.2, 0.25) is 0 Å². The van der Waals surface area contributed by atoms with Crippen molar-refractivity contribution in [2.45, 2.75) is 25.8 Å². The summed E-state index contributed by atoms with van der Waals surface area (Å²) in [5.74, 6) is 0.735. The molecular weight excluding hydrogens is 364 g/mol. The first-order valence-corrected chi connectivity index (χ1v) is 11.0. The molecule has 1 saturated heterocycles. The Kier molecular flexibility index (Phi) is 4.79. The standard InChI is InChI=1S/C23H26N4S/c1-16(19-15-25-20-7-3-2-6-18(19)20)24-14-17-10-12-27(13-11-17)23-26-21-8-4-5-9-22(21)28-23/h2-9,15-17,24-25H,10-14H2,1H3. The van der Waals surface area contributed by atoms with Crippen LogP contribution in [0.4, 0.5) is 5.13 Å². The predicted octanol–water partition coefficient (Wildman–Crippen LogP) is 5.34. The van der Waals surface area contributed by atoms with Crippen LogP contribution in [0, 0.1) is 5.92 Å². The Morgan fingerprint density at radius 2 is 1.93 bits per heavy atom. The molecule has 0 aliphatic carbocycles. The first kappa shape index (κ1) is 17.7. The number of piperidine rings is 1. The van der Waals surface area contributed by atoms with Gasteiger partial charge in [-0.25, -0.2) is 4.98 Å². The van der Waals surface area contributed by atoms with Crippen molar-refractivity contribution in [3.63, 3.8) is 0 Å². The van der Waals surface area contributed by atoms with Crippen LogP contribution in [-0.2, 0) is 0 Å². The number of H-pyrrole nitrogens is 1. The average Bonchev–Trinajstić information content (AvgIpc) is 3.36. The highest BCUT2D eigenvalue weighted by atomic mass is 32.1. The Morgan fingerprint density at radius 3 is 2.79 bits per heavy atom. The van der Waals surface area contributed by atoms with Crippen LogP contribution >= 0.6 is 11.3 Å². The van der Waals surface area contributed by atoms with Crippen molar-refractivity contribution >= 4 is 37.6 Å². The molecule has 1 fully saturated rings. The Bertz CT molecular complexity index is 1040. The molecular formula is C23H26N4S. The number of benzene rings is 2. The lowest BCUT2D eigenvalue weighted by molar-refractivity contribution is 0.368. The van der Waals surface area contributed by atoms with E-state index in [-0.39, 0.29) is 0 Å². The molecule has 144 valence electrons. The third-order valence-corrected chi connectivity index (χ3v) is 7.07. The van der Waals surface area contributed by atoms with Gasteiger partial charge in [-0.2, -0.15) is 0 Å². The average molecular weight is 391 g/mol. The van der Waals surface area contributed by atoms with Gasteiger partial charge in [-0.15, -0.1) is 0 Å². The Labute approximate surface area is 169 Å². The zero-order valence-electron chi connectivity index (χ0n) is 16.2. The minimum atomic E-state index is 0.360. The van der Waals surface area contributed by atoms with Gasteiger partial charge in [-0.05, 0) is 56.0 Å². The van der Waals surface area contributed by atoms with Crippen LogP contribution in [0.25, 0.3) is 21.1 Å². The summed E-state index contributed by atoms with van der Waals surface area (Å²) in [6.07, 6.45) is 4.60. The highest BCUT2D eigenvalue weighted by Crippen LogP contribution is 2.31. The molecule has 0 spiro atoms. The molecule has 1 aliphatic heterocycles. The van der Waals surface area contributed by atoms with Crippen molar-refractivity contribution in [1.82, 2.24) is 15.3 Å². The molecule has 0 amide bonds. The van der Waals surface area contributed by atoms with E-state index < -0.39 is 0 Å². The molecule has 0 bridgehead atoms. The lowest BCUT2D eigenvalue weighted by Gasteiger charge is -2.32. The summed E-state index contributed by atoms with van der Waals surface area (Å²) in [4.78, 5) is 10.7. The Hall–Kier alpha value is -2.37. The molecule has 28 heavy (non-hydrogen) atoms. The third kappa shape index (κ3) is 3.40. The molecule has 2 aromatic carbocycles. The van der Waals surface area contributed by atoms with E-state index in [0.29, 0.717) is 6.04 Å². The van der Waals surface area contributed by atoms with E-state index in [1.165, 1.54) is 39.1 Å². The van der Waals surface area contributed by atoms with Gasteiger partial charge in [0.05, 0.1) is 10.2 Å². The second-order valence-electron chi connectivity index (χ2n) is 7.81. The first-order valence-electron chi connectivity index (χ1n) is 10.2. The molecule has 0 saturated carbocycles. The summed E-state index contributed by atoms with van der Waals surface area (Å²) in [6, 6.07) is 17.3. The number of rotatable bonds is 5. The first-order chi connectivity index (χ1) is 13.8. The quantitative estimate of drug-likeness (QED) is 0.483. The topological polar surface area (TPSA) is 44.0 Å². The van der Waals surface area contributed by atoms with Crippen molar-refractivity contribution in [2.24, 2.45) is 5.92 Å². The van der Waals surface area contributed by atoms with Crippen molar-refractivity contribution in [3.05, 3.63) is 60.3 Å². The Morgan fingerprint density at radius 1 is 1.14 bits per heavy atom. The number of hydrogen-bond donors (Lipinski definition) is 2. The largest absolute Gasteiger partial charge is 0.361 e. The molecule has 4 aromatic rings. The highest BCUT2D eigenvalue weighted by Gasteiger charge is 2.22. The fourth-order valence-corrected chi connectivity index (χ4v) is 5.25. The van der Waals surface area contributed by atoms with E-state index in [2.05, 4.69) is 76.9 Å². The molecule has 1 aliphatic rings. The minimum absolute atomic E-state index is 0.360. The van der Waals surface area contributed by atoms with Gasteiger partial charge in [0.1, 0.15) is 0 Å². The Balaban J connectivity index is 1.17. The lowest BCUT2D eigenvalue weighted by atomic mass is 9.96. The summed E-state index contributed by atoms with van der Waals surface area (Å²) < 4.78 is 1.29. The fraction of sp³-hybridized carbons (Fsp3) is 0.348. The van der Waals surface area contributed by atoms with Gasteiger partial charge >= 0.3 is 0 Å². The maximum absolute atomic E-state index is 4.82. The van der Waals surface area contributed by atoms with Crippen LogP contribution in [-0.4, -0.2) is 29.6 Å². The summed E-state index contributed by atoms with van der Waals surface area (Å²) >= 11 is 1.82. The van der Waals surface area contributed by atoms with Gasteiger partial charge in [0.2, 0.25) is 0 Å². The number of para-hydroxylation sites is 2. The second-order valence-corrected chi connectivity index (χ2v) is 8.82. The smallest absolute Gasteiger partial charge is 0.186 e. The van der Waals surface area contributed by atoms with Crippen molar-refractivity contribution < 1.29 is 0 Å². The number of aromatic nitrogens is 2. The van der Waals surface area contributed by atoms with E-state index in [4.69, 9.17) is 4.98 Å². The monoisotopic (exact) mass is 390 g/mol. The summed E-state index contributed by atoms with van der Waals surface area (Å²) in [7, 11) is 0. The number of nitrogens with zero attached hydrogens (tertiary/aromatic N) is 2. The number of thiazole rings is 1. The van der Waals surface area contributed by atoms with Gasteiger partial charge in [-0.3, -0.25) is 0 Å². The van der Waals surface area contributed by atoms with Crippen LogP contribution in [0.5, 0.6) is 0 Å². The molecule has 4 nitrogen and oxygen atoms in total. The maximum atomic E-state index is 4.82. The maximum Gasteiger partial charge on any atom is 0.186 e. The molecule has 1 atom stereocenters. The number of hydrogen-bond acceptors (Lipinski definition) is 4. The number of aromatic amines is 1. The van der Waals surface area contributed by atoms with Crippen molar-refractivity contribution in [3.8, 4) is 0 Å². The summed E-state index contributed by atoms with van der Waals surface area (Å²) in [5, 5.41) is 6.28. The normalized spacial score (nSPS) is 16.8. The minimum Gasteiger partial charge on any atom is -0.361 e. The molecule has 2 aromatic heterocycles. The lowest BCUT2D eigenvalue weighted by Crippen LogP contribution is -2.37. The van der Waals surface area contributed by atoms with Gasteiger partial charge in [0.15, 0.2) is 5.13 Å². The van der Waals surface area contributed by atoms with Gasteiger partial charge < -0.3 is 15.2 Å². The third-order valence-electron chi connectivity index (χ3n) is 5.97. The van der Waals surface area contributed by atoms with Gasteiger partial charge in [0, 0.05) is 36.2 Å². The van der Waals surface area contributed by atoms with Crippen molar-refractivity contribution in [2.75, 3.05) is 24.5 Å². The summed E-state index contributed by atoms with van der Waals surface area (Å²) in [6.45, 7) is 5.56. The number of anilines is 1. The van der Waals surface area contributed by atoms with Gasteiger partial charge in [0.25, 0.3) is 0 Å². The van der Waals surface area contributed by atoms with Crippen molar-refractivity contribution in [1.29, 1.82) is 0 Å². The summed E-state index contributed by atoms with van der Waals surface area (Å²) in [5.41, 5.74) is 3.71. The molecule has 1 unspecified atom stereocenters. The van der Waals surface area contributed by atoms with Crippen LogP contribution in [0.3, 0.4) is 0 Å². The molecule has 5 heteroatoms. The predicted molar refractivity (Wildman–Crippen MR) is 119 cm³/mol. The fourth-order valence-electron chi connectivity index (χ4n) is 4.23. The van der Waals surface area contributed by atoms with E-state index in [9.17, 15) is 0 Å². The molecule has 3 heterocycles. The van der Waals surface area contributed by atoms with E-state index in [0.717, 1.165) is 31.1 Å². The SMILES string of the molecule is CC(NCC1CCN(c2nc3ccccc3s2)CC1)c1c[nH]c2ccccc12. The van der Waals surface area contributed by atoms with Crippen LogP contribution in [0.15, 0.2) is 54.7 Å². The van der Waals surface area contributed by atoms with E-state index in [1.54, 1.807) is 0 Å². The molecule has 5 rings (SSSR count). The number of fused-ring (bicyclic) bond motifs is 2. The second kappa shape index (κ2) is 7.57. The van der Waals surface area contributed by atoms with E-state index in [1.807, 2.05) is 11.3 Å². The van der Waals surface area contributed by atoms with Gasteiger partial charge in [-0.1, -0.05) is 41.7 Å². The van der Waals surface area contributed by atoms with Crippen LogP contribution < -0.4 is 10.2 Å². The zero-order chi connectivity index (χ0) is 18.9. The van der Waals surface area contributed by atoms with E-state index >= 15 is 0 Å². The van der Waals surface area contributed by atoms with Crippen LogP contribution in [0.1, 0.15) is 31.4 Å². The molecule has 0 radical (unpaired) electrons. The highest BCUT2D eigenvalue weighted by molar-refractivity contribution is 7.22. The molecule has 2 N–H and O–H groups in total.